The van der Waals surface area contributed by atoms with Crippen LogP contribution >= 0.6 is 0 Å². The molecule has 0 amide bonds. The van der Waals surface area contributed by atoms with Crippen LogP contribution in [0.3, 0.4) is 0 Å². The van der Waals surface area contributed by atoms with E-state index in [0.29, 0.717) is 6.04 Å². The predicted octanol–water partition coefficient (Wildman–Crippen LogP) is 2.74. The maximum Gasteiger partial charge on any atom is 0.119 e. The van der Waals surface area contributed by atoms with E-state index in [1.165, 1.54) is 56.3 Å². The third kappa shape index (κ3) is 2.70. The highest BCUT2D eigenvalue weighted by atomic mass is 16.5. The second-order valence-corrected chi connectivity index (χ2v) is 6.18. The zero-order valence-corrected chi connectivity index (χ0v) is 12.5. The van der Waals surface area contributed by atoms with Crippen LogP contribution in [0.1, 0.15) is 42.9 Å². The van der Waals surface area contributed by atoms with Crippen molar-refractivity contribution in [2.24, 2.45) is 11.7 Å². The molecule has 3 heteroatoms. The Balaban J connectivity index is 1.69. The van der Waals surface area contributed by atoms with Crippen molar-refractivity contribution in [3.8, 4) is 5.75 Å². The summed E-state index contributed by atoms with van der Waals surface area (Å²) in [6.07, 6.45) is 6.31. The molecule has 2 aliphatic rings. The molecule has 1 unspecified atom stereocenters. The maximum absolute atomic E-state index is 5.68. The summed E-state index contributed by atoms with van der Waals surface area (Å²) in [4.78, 5) is 2.68. The third-order valence-corrected chi connectivity index (χ3v) is 5.06. The van der Waals surface area contributed by atoms with Crippen LogP contribution in [0.25, 0.3) is 0 Å². The monoisotopic (exact) mass is 274 g/mol. The lowest BCUT2D eigenvalue weighted by atomic mass is 9.92. The van der Waals surface area contributed by atoms with Gasteiger partial charge < -0.3 is 10.5 Å². The molecule has 110 valence electrons. The van der Waals surface area contributed by atoms with E-state index in [1.807, 2.05) is 0 Å². The average molecular weight is 274 g/mol. The molecule has 0 saturated carbocycles. The topological polar surface area (TPSA) is 38.5 Å². The summed E-state index contributed by atoms with van der Waals surface area (Å²) in [7, 11) is 1.75. The largest absolute Gasteiger partial charge is 0.497 e. The van der Waals surface area contributed by atoms with Crippen molar-refractivity contribution in [3.63, 3.8) is 0 Å². The van der Waals surface area contributed by atoms with Crippen molar-refractivity contribution in [2.45, 2.75) is 38.1 Å². The van der Waals surface area contributed by atoms with Crippen LogP contribution in [0, 0.1) is 5.92 Å². The lowest BCUT2D eigenvalue weighted by Crippen LogP contribution is -2.36. The number of ether oxygens (including phenoxy) is 1. The highest BCUT2D eigenvalue weighted by Gasteiger charge is 2.30. The molecule has 1 fully saturated rings. The Bertz CT molecular complexity index is 452. The first kappa shape index (κ1) is 13.9. The molecule has 1 aliphatic heterocycles. The molecule has 3 nitrogen and oxygen atoms in total. The number of rotatable bonds is 4. The van der Waals surface area contributed by atoms with Crippen LogP contribution in [0.5, 0.6) is 5.75 Å². The Labute approximate surface area is 122 Å². The second-order valence-electron chi connectivity index (χ2n) is 6.18. The van der Waals surface area contributed by atoms with Crippen LogP contribution in [0.2, 0.25) is 0 Å². The van der Waals surface area contributed by atoms with Crippen LogP contribution in [0.15, 0.2) is 18.2 Å². The molecule has 1 saturated heterocycles. The summed E-state index contributed by atoms with van der Waals surface area (Å²) < 4.78 is 5.39. The van der Waals surface area contributed by atoms with Crippen molar-refractivity contribution in [1.29, 1.82) is 0 Å². The Hall–Kier alpha value is -1.06. The fourth-order valence-corrected chi connectivity index (χ4v) is 3.85. The molecule has 20 heavy (non-hydrogen) atoms. The standard InChI is InChI=1S/C17H26N2O/c1-20-15-4-2-14-3-5-17(16(14)12-15)19-10-7-13(6-9-18)8-11-19/h2,4,12-13,17H,3,5-11,18H2,1H3. The van der Waals surface area contributed by atoms with Crippen molar-refractivity contribution in [2.75, 3.05) is 26.7 Å². The fraction of sp³-hybridized carbons (Fsp3) is 0.647. The Kier molecular flexibility index (Phi) is 4.27. The molecular weight excluding hydrogens is 248 g/mol. The highest BCUT2D eigenvalue weighted by Crippen LogP contribution is 2.39. The zero-order valence-electron chi connectivity index (χ0n) is 12.5. The first-order valence-electron chi connectivity index (χ1n) is 7.92. The summed E-state index contributed by atoms with van der Waals surface area (Å²) >= 11 is 0. The van der Waals surface area contributed by atoms with E-state index in [0.717, 1.165) is 18.2 Å². The van der Waals surface area contributed by atoms with Gasteiger partial charge in [-0.2, -0.15) is 0 Å². The van der Waals surface area contributed by atoms with E-state index in [9.17, 15) is 0 Å². The van der Waals surface area contributed by atoms with E-state index in [4.69, 9.17) is 10.5 Å². The fourth-order valence-electron chi connectivity index (χ4n) is 3.85. The van der Waals surface area contributed by atoms with Gasteiger partial charge in [-0.1, -0.05) is 6.07 Å². The van der Waals surface area contributed by atoms with E-state index in [-0.39, 0.29) is 0 Å². The third-order valence-electron chi connectivity index (χ3n) is 5.06. The van der Waals surface area contributed by atoms with Crippen LogP contribution < -0.4 is 10.5 Å². The maximum atomic E-state index is 5.68. The number of piperidine rings is 1. The van der Waals surface area contributed by atoms with Gasteiger partial charge in [0.2, 0.25) is 0 Å². The van der Waals surface area contributed by atoms with Crippen molar-refractivity contribution < 1.29 is 4.74 Å². The Morgan fingerprint density at radius 3 is 2.75 bits per heavy atom. The summed E-state index contributed by atoms with van der Waals surface area (Å²) in [5.74, 6) is 1.84. The molecule has 1 aromatic carbocycles. The summed E-state index contributed by atoms with van der Waals surface area (Å²) in [6.45, 7) is 3.30. The number of fused-ring (bicyclic) bond motifs is 1. The minimum absolute atomic E-state index is 0.610. The zero-order chi connectivity index (χ0) is 13.9. The summed E-state index contributed by atoms with van der Waals surface area (Å²) in [6, 6.07) is 7.20. The molecule has 2 N–H and O–H groups in total. The number of nitrogens with two attached hydrogens (primary N) is 1. The molecule has 0 bridgehead atoms. The van der Waals surface area contributed by atoms with Gasteiger partial charge in [0, 0.05) is 6.04 Å². The van der Waals surface area contributed by atoms with Gasteiger partial charge in [-0.15, -0.1) is 0 Å². The summed E-state index contributed by atoms with van der Waals surface area (Å²) in [5.41, 5.74) is 8.70. The molecule has 1 aromatic rings. The van der Waals surface area contributed by atoms with Gasteiger partial charge in [0.25, 0.3) is 0 Å². The second kappa shape index (κ2) is 6.15. The molecule has 0 aromatic heterocycles. The first-order chi connectivity index (χ1) is 9.81. The molecule has 1 heterocycles. The molecule has 0 spiro atoms. The SMILES string of the molecule is COc1ccc2c(c1)C(N1CCC(CCN)CC1)CC2. The number of benzene rings is 1. The Morgan fingerprint density at radius 1 is 1.25 bits per heavy atom. The molecule has 3 rings (SSSR count). The van der Waals surface area contributed by atoms with E-state index in [1.54, 1.807) is 7.11 Å². The molecular formula is C17H26N2O. The number of likely N-dealkylation sites (tertiary alicyclic amines) is 1. The minimum atomic E-state index is 0.610. The number of methoxy groups -OCH3 is 1. The van der Waals surface area contributed by atoms with E-state index in [2.05, 4.69) is 23.1 Å². The molecule has 0 radical (unpaired) electrons. The van der Waals surface area contributed by atoms with Gasteiger partial charge in [0.1, 0.15) is 5.75 Å². The summed E-state index contributed by atoms with van der Waals surface area (Å²) in [5, 5.41) is 0. The highest BCUT2D eigenvalue weighted by molar-refractivity contribution is 5.40. The predicted molar refractivity (Wildman–Crippen MR) is 82.0 cm³/mol. The number of hydrogen-bond donors (Lipinski definition) is 1. The normalized spacial score (nSPS) is 23.8. The van der Waals surface area contributed by atoms with E-state index >= 15 is 0 Å². The van der Waals surface area contributed by atoms with Crippen molar-refractivity contribution >= 4 is 0 Å². The van der Waals surface area contributed by atoms with Gasteiger partial charge in [0.15, 0.2) is 0 Å². The Morgan fingerprint density at radius 2 is 2.05 bits per heavy atom. The van der Waals surface area contributed by atoms with Gasteiger partial charge in [-0.05, 0) is 80.9 Å². The van der Waals surface area contributed by atoms with Gasteiger partial charge >= 0.3 is 0 Å². The molecule has 1 atom stereocenters. The van der Waals surface area contributed by atoms with Gasteiger partial charge in [0.05, 0.1) is 7.11 Å². The lowest BCUT2D eigenvalue weighted by molar-refractivity contribution is 0.129. The molecule has 1 aliphatic carbocycles. The quantitative estimate of drug-likeness (QED) is 0.917. The average Bonchev–Trinajstić information content (AvgIpc) is 2.91. The smallest absolute Gasteiger partial charge is 0.119 e. The minimum Gasteiger partial charge on any atom is -0.497 e. The number of hydrogen-bond acceptors (Lipinski definition) is 3. The number of aryl methyl sites for hydroxylation is 1. The van der Waals surface area contributed by atoms with Crippen LogP contribution in [-0.2, 0) is 6.42 Å². The van der Waals surface area contributed by atoms with Gasteiger partial charge in [-0.25, -0.2) is 0 Å². The van der Waals surface area contributed by atoms with Crippen LogP contribution in [0.4, 0.5) is 0 Å². The van der Waals surface area contributed by atoms with Gasteiger partial charge in [-0.3, -0.25) is 4.90 Å². The van der Waals surface area contributed by atoms with Crippen molar-refractivity contribution in [3.05, 3.63) is 29.3 Å². The number of nitrogens with zero attached hydrogens (tertiary/aromatic N) is 1. The lowest BCUT2D eigenvalue weighted by Gasteiger charge is -2.36. The van der Waals surface area contributed by atoms with Crippen molar-refractivity contribution in [1.82, 2.24) is 4.90 Å². The van der Waals surface area contributed by atoms with E-state index < -0.39 is 0 Å². The first-order valence-corrected chi connectivity index (χ1v) is 7.92. The van der Waals surface area contributed by atoms with Crippen LogP contribution in [-0.4, -0.2) is 31.6 Å².